The van der Waals surface area contributed by atoms with Crippen molar-refractivity contribution in [1.29, 1.82) is 0 Å². The minimum atomic E-state index is -1.17. The number of ether oxygens (including phenoxy) is 1. The summed E-state index contributed by atoms with van der Waals surface area (Å²) in [6.07, 6.45) is 1.70. The molecule has 1 aromatic heterocycles. The fraction of sp³-hybridized carbons (Fsp3) is 0.267. The normalized spacial score (nSPS) is 10.4. The summed E-state index contributed by atoms with van der Waals surface area (Å²) >= 11 is 5.72. The molecule has 0 aliphatic carbocycles. The van der Waals surface area contributed by atoms with Crippen molar-refractivity contribution in [2.24, 2.45) is 0 Å². The predicted octanol–water partition coefficient (Wildman–Crippen LogP) is 3.07. The Hall–Kier alpha value is -2.14. The van der Waals surface area contributed by atoms with Gasteiger partial charge in [0.1, 0.15) is 11.6 Å². The zero-order valence-electron chi connectivity index (χ0n) is 11.8. The fourth-order valence-corrected chi connectivity index (χ4v) is 2.12. The molecule has 0 atom stereocenters. The Morgan fingerprint density at radius 3 is 2.57 bits per heavy atom. The molecule has 0 aliphatic rings. The lowest BCUT2D eigenvalue weighted by Gasteiger charge is -2.08. The fourth-order valence-electron chi connectivity index (χ4n) is 1.95. The van der Waals surface area contributed by atoms with Crippen LogP contribution in [0, 0.1) is 13.8 Å². The molecule has 6 heteroatoms. The Morgan fingerprint density at radius 2 is 1.95 bits per heavy atom. The topological polar surface area (TPSA) is 72.3 Å². The molecule has 0 radical (unpaired) electrons. The second-order valence-electron chi connectivity index (χ2n) is 4.71. The summed E-state index contributed by atoms with van der Waals surface area (Å²) in [6.45, 7) is 4.37. The zero-order chi connectivity index (χ0) is 15.4. The van der Waals surface area contributed by atoms with Crippen molar-refractivity contribution in [3.63, 3.8) is 0 Å². The van der Waals surface area contributed by atoms with Crippen LogP contribution < -0.4 is 4.74 Å². The van der Waals surface area contributed by atoms with Crippen molar-refractivity contribution in [2.75, 3.05) is 6.61 Å². The quantitative estimate of drug-likeness (QED) is 0.919. The second-order valence-corrected chi connectivity index (χ2v) is 5.12. The van der Waals surface area contributed by atoms with Crippen molar-refractivity contribution in [3.8, 4) is 5.75 Å². The van der Waals surface area contributed by atoms with E-state index in [-0.39, 0.29) is 10.7 Å². The number of hydrogen-bond acceptors (Lipinski definition) is 4. The number of rotatable bonds is 5. The van der Waals surface area contributed by atoms with Crippen LogP contribution in [0.4, 0.5) is 0 Å². The predicted molar refractivity (Wildman–Crippen MR) is 79.1 cm³/mol. The molecule has 21 heavy (non-hydrogen) atoms. The molecule has 1 N–H and O–H groups in total. The van der Waals surface area contributed by atoms with Crippen LogP contribution >= 0.6 is 11.6 Å². The third-order valence-corrected chi connectivity index (χ3v) is 3.06. The lowest BCUT2D eigenvalue weighted by Crippen LogP contribution is -2.09. The number of carboxylic acid groups (broad SMARTS) is 1. The van der Waals surface area contributed by atoms with Crippen molar-refractivity contribution < 1.29 is 14.6 Å². The summed E-state index contributed by atoms with van der Waals surface area (Å²) in [6, 6.07) is 5.95. The van der Waals surface area contributed by atoms with Crippen molar-refractivity contribution in [2.45, 2.75) is 20.3 Å². The van der Waals surface area contributed by atoms with E-state index < -0.39 is 5.97 Å². The second kappa shape index (κ2) is 6.54. The number of carboxylic acids is 1. The van der Waals surface area contributed by atoms with Gasteiger partial charge in [0.2, 0.25) is 0 Å². The van der Waals surface area contributed by atoms with E-state index in [9.17, 15) is 4.79 Å². The number of carbonyl (C=O) groups is 1. The van der Waals surface area contributed by atoms with Gasteiger partial charge in [-0.2, -0.15) is 0 Å². The monoisotopic (exact) mass is 306 g/mol. The first-order valence-electron chi connectivity index (χ1n) is 6.41. The third-order valence-electron chi connectivity index (χ3n) is 2.79. The molecule has 2 rings (SSSR count). The van der Waals surface area contributed by atoms with Crippen LogP contribution in [0.3, 0.4) is 0 Å². The molecule has 1 aromatic carbocycles. The van der Waals surface area contributed by atoms with E-state index in [4.69, 9.17) is 21.4 Å². The molecule has 0 bridgehead atoms. The summed E-state index contributed by atoms with van der Waals surface area (Å²) in [5, 5.41) is 8.98. The van der Waals surface area contributed by atoms with Gasteiger partial charge in [-0.05, 0) is 37.1 Å². The summed E-state index contributed by atoms with van der Waals surface area (Å²) in [4.78, 5) is 18.9. The van der Waals surface area contributed by atoms with Crippen LogP contribution in [0.2, 0.25) is 5.02 Å². The first-order valence-corrected chi connectivity index (χ1v) is 6.79. The molecule has 0 amide bonds. The lowest BCUT2D eigenvalue weighted by atomic mass is 10.1. The standard InChI is InChI=1S/C15H15ClN2O3/c1-9-5-10(2)7-11(6-9)21-4-3-13-17-8-12(16)14(18-13)15(19)20/h5-8H,3-4H2,1-2H3,(H,19,20). The van der Waals surface area contributed by atoms with Gasteiger partial charge in [0.05, 0.1) is 17.8 Å². The average Bonchev–Trinajstić information content (AvgIpc) is 2.39. The van der Waals surface area contributed by atoms with Crippen molar-refractivity contribution >= 4 is 17.6 Å². The van der Waals surface area contributed by atoms with Crippen LogP contribution in [0.5, 0.6) is 5.75 Å². The Kier molecular flexibility index (Phi) is 4.75. The largest absolute Gasteiger partial charge is 0.493 e. The molecule has 0 spiro atoms. The van der Waals surface area contributed by atoms with E-state index in [0.29, 0.717) is 18.9 Å². The third kappa shape index (κ3) is 4.16. The van der Waals surface area contributed by atoms with Crippen molar-refractivity contribution in [3.05, 3.63) is 52.1 Å². The van der Waals surface area contributed by atoms with Gasteiger partial charge in [-0.3, -0.25) is 0 Å². The van der Waals surface area contributed by atoms with Crippen LogP contribution in [0.1, 0.15) is 27.4 Å². The van der Waals surface area contributed by atoms with E-state index >= 15 is 0 Å². The first kappa shape index (κ1) is 15.3. The summed E-state index contributed by atoms with van der Waals surface area (Å²) in [7, 11) is 0. The Bertz CT molecular complexity index is 654. The summed E-state index contributed by atoms with van der Waals surface area (Å²) in [5.41, 5.74) is 2.06. The van der Waals surface area contributed by atoms with Gasteiger partial charge in [-0.25, -0.2) is 14.8 Å². The van der Waals surface area contributed by atoms with E-state index in [0.717, 1.165) is 16.9 Å². The number of aryl methyl sites for hydroxylation is 2. The highest BCUT2D eigenvalue weighted by Gasteiger charge is 2.12. The number of benzene rings is 1. The Labute approximate surface area is 127 Å². The SMILES string of the molecule is Cc1cc(C)cc(OCCc2ncc(Cl)c(C(=O)O)n2)c1. The summed E-state index contributed by atoms with van der Waals surface area (Å²) in [5.74, 6) is -0.0000242. The molecule has 5 nitrogen and oxygen atoms in total. The molecule has 0 fully saturated rings. The van der Waals surface area contributed by atoms with Crippen LogP contribution in [0.15, 0.2) is 24.4 Å². The molecule has 2 aromatic rings. The Balaban J connectivity index is 2.00. The summed E-state index contributed by atoms with van der Waals surface area (Å²) < 4.78 is 5.64. The Morgan fingerprint density at radius 1 is 1.29 bits per heavy atom. The maximum Gasteiger partial charge on any atom is 0.356 e. The van der Waals surface area contributed by atoms with Crippen LogP contribution in [-0.4, -0.2) is 27.7 Å². The van der Waals surface area contributed by atoms with Gasteiger partial charge in [0.15, 0.2) is 5.69 Å². The van der Waals surface area contributed by atoms with E-state index in [1.165, 1.54) is 6.20 Å². The number of halogens is 1. The molecular formula is C15H15ClN2O3. The van der Waals surface area contributed by atoms with E-state index in [2.05, 4.69) is 16.0 Å². The average molecular weight is 307 g/mol. The van der Waals surface area contributed by atoms with Crippen LogP contribution in [-0.2, 0) is 6.42 Å². The lowest BCUT2D eigenvalue weighted by molar-refractivity contribution is 0.0690. The smallest absolute Gasteiger partial charge is 0.356 e. The molecule has 0 saturated carbocycles. The van der Waals surface area contributed by atoms with Gasteiger partial charge < -0.3 is 9.84 Å². The number of aromatic carboxylic acids is 1. The maximum atomic E-state index is 10.9. The molecule has 110 valence electrons. The molecular weight excluding hydrogens is 292 g/mol. The minimum Gasteiger partial charge on any atom is -0.493 e. The zero-order valence-corrected chi connectivity index (χ0v) is 12.5. The van der Waals surface area contributed by atoms with Gasteiger partial charge in [0, 0.05) is 6.42 Å². The van der Waals surface area contributed by atoms with Gasteiger partial charge in [-0.1, -0.05) is 17.7 Å². The van der Waals surface area contributed by atoms with Gasteiger partial charge in [0.25, 0.3) is 0 Å². The highest BCUT2D eigenvalue weighted by atomic mass is 35.5. The van der Waals surface area contributed by atoms with Crippen LogP contribution in [0.25, 0.3) is 0 Å². The minimum absolute atomic E-state index is 0.0291. The number of nitrogens with zero attached hydrogens (tertiary/aromatic N) is 2. The van der Waals surface area contributed by atoms with E-state index in [1.54, 1.807) is 0 Å². The highest BCUT2D eigenvalue weighted by molar-refractivity contribution is 6.33. The molecule has 0 unspecified atom stereocenters. The highest BCUT2D eigenvalue weighted by Crippen LogP contribution is 2.17. The number of hydrogen-bond donors (Lipinski definition) is 1. The maximum absolute atomic E-state index is 10.9. The van der Waals surface area contributed by atoms with Crippen molar-refractivity contribution in [1.82, 2.24) is 9.97 Å². The molecule has 1 heterocycles. The van der Waals surface area contributed by atoms with E-state index in [1.807, 2.05) is 26.0 Å². The van der Waals surface area contributed by atoms with Gasteiger partial charge in [-0.15, -0.1) is 0 Å². The molecule has 0 saturated heterocycles. The van der Waals surface area contributed by atoms with Gasteiger partial charge >= 0.3 is 5.97 Å². The first-order chi connectivity index (χ1) is 9.95. The molecule has 0 aliphatic heterocycles. The number of aromatic nitrogens is 2.